The molecule has 0 radical (unpaired) electrons. The highest BCUT2D eigenvalue weighted by atomic mass is 16.6. The molecule has 9 heteroatoms. The molecule has 102 valence electrons. The standard InChI is InChI=1S/C10H10N2O7/c1-5(19-2)9-7(10(13)14)3-6(11(15)16)4-8(9)12(17)18/h3-5H,1-2H3,(H,13,14). The van der Waals surface area contributed by atoms with Crippen molar-refractivity contribution in [3.63, 3.8) is 0 Å². The van der Waals surface area contributed by atoms with E-state index in [1.807, 2.05) is 0 Å². The average molecular weight is 270 g/mol. The summed E-state index contributed by atoms with van der Waals surface area (Å²) in [6, 6.07) is 1.50. The lowest BCUT2D eigenvalue weighted by molar-refractivity contribution is -0.395. The van der Waals surface area contributed by atoms with Gasteiger partial charge in [-0.05, 0) is 6.92 Å². The van der Waals surface area contributed by atoms with Gasteiger partial charge < -0.3 is 9.84 Å². The summed E-state index contributed by atoms with van der Waals surface area (Å²) < 4.78 is 4.88. The second-order valence-electron chi connectivity index (χ2n) is 3.62. The summed E-state index contributed by atoms with van der Waals surface area (Å²) in [5, 5.41) is 30.6. The van der Waals surface area contributed by atoms with E-state index < -0.39 is 38.9 Å². The van der Waals surface area contributed by atoms with Gasteiger partial charge in [0.25, 0.3) is 11.4 Å². The smallest absolute Gasteiger partial charge is 0.336 e. The first-order chi connectivity index (χ1) is 8.79. The molecule has 0 saturated carbocycles. The zero-order chi connectivity index (χ0) is 14.7. The summed E-state index contributed by atoms with van der Waals surface area (Å²) in [5.41, 5.74) is -2.03. The van der Waals surface area contributed by atoms with E-state index in [9.17, 15) is 25.0 Å². The minimum absolute atomic E-state index is 0.203. The van der Waals surface area contributed by atoms with Gasteiger partial charge in [0.15, 0.2) is 0 Å². The van der Waals surface area contributed by atoms with Crippen LogP contribution in [0.5, 0.6) is 0 Å². The summed E-state index contributed by atoms with van der Waals surface area (Å²) >= 11 is 0. The highest BCUT2D eigenvalue weighted by molar-refractivity contribution is 5.92. The molecule has 0 aliphatic carbocycles. The van der Waals surface area contributed by atoms with E-state index >= 15 is 0 Å². The van der Waals surface area contributed by atoms with Gasteiger partial charge in [-0.3, -0.25) is 20.2 Å². The highest BCUT2D eigenvalue weighted by Crippen LogP contribution is 2.34. The number of hydrogen-bond donors (Lipinski definition) is 1. The summed E-state index contributed by atoms with van der Waals surface area (Å²) in [6.45, 7) is 1.42. The van der Waals surface area contributed by atoms with Gasteiger partial charge in [0, 0.05) is 13.2 Å². The van der Waals surface area contributed by atoms with Gasteiger partial charge >= 0.3 is 5.97 Å². The molecule has 0 bridgehead atoms. The topological polar surface area (TPSA) is 133 Å². The van der Waals surface area contributed by atoms with Crippen molar-refractivity contribution in [1.29, 1.82) is 0 Å². The van der Waals surface area contributed by atoms with Crippen molar-refractivity contribution in [1.82, 2.24) is 0 Å². The van der Waals surface area contributed by atoms with Gasteiger partial charge in [-0.15, -0.1) is 0 Å². The maximum absolute atomic E-state index is 11.1. The number of carboxylic acid groups (broad SMARTS) is 1. The van der Waals surface area contributed by atoms with Crippen LogP contribution in [0, 0.1) is 20.2 Å². The van der Waals surface area contributed by atoms with Crippen LogP contribution >= 0.6 is 0 Å². The Bertz CT molecular complexity index is 520. The van der Waals surface area contributed by atoms with Crippen LogP contribution in [-0.4, -0.2) is 28.0 Å². The zero-order valence-electron chi connectivity index (χ0n) is 10.0. The SMILES string of the molecule is COC(C)c1c(C(=O)O)cc([N+](=O)[O-])cc1[N+](=O)[O-]. The van der Waals surface area contributed by atoms with Gasteiger partial charge in [0.1, 0.15) is 0 Å². The van der Waals surface area contributed by atoms with Gasteiger partial charge in [-0.25, -0.2) is 4.79 Å². The number of nitro benzene ring substituents is 2. The first kappa shape index (κ1) is 14.5. The molecule has 0 aromatic heterocycles. The van der Waals surface area contributed by atoms with E-state index in [4.69, 9.17) is 9.84 Å². The number of carboxylic acids is 1. The van der Waals surface area contributed by atoms with Crippen molar-refractivity contribution in [2.24, 2.45) is 0 Å². The summed E-state index contributed by atoms with van der Waals surface area (Å²) in [6.07, 6.45) is -0.882. The Morgan fingerprint density at radius 3 is 2.26 bits per heavy atom. The Morgan fingerprint density at radius 2 is 1.89 bits per heavy atom. The van der Waals surface area contributed by atoms with Crippen molar-refractivity contribution in [2.45, 2.75) is 13.0 Å². The molecule has 0 saturated heterocycles. The lowest BCUT2D eigenvalue weighted by atomic mass is 10.00. The number of methoxy groups -OCH3 is 1. The molecule has 19 heavy (non-hydrogen) atoms. The first-order valence-electron chi connectivity index (χ1n) is 5.02. The molecule has 0 amide bonds. The van der Waals surface area contributed by atoms with Crippen molar-refractivity contribution in [3.05, 3.63) is 43.5 Å². The van der Waals surface area contributed by atoms with E-state index in [-0.39, 0.29) is 5.56 Å². The van der Waals surface area contributed by atoms with Gasteiger partial charge in [0.2, 0.25) is 0 Å². The molecule has 0 fully saturated rings. The van der Waals surface area contributed by atoms with Crippen LogP contribution in [-0.2, 0) is 4.74 Å². The molecule has 1 unspecified atom stereocenters. The van der Waals surface area contributed by atoms with Gasteiger partial charge in [0.05, 0.1) is 33.1 Å². The van der Waals surface area contributed by atoms with Crippen LogP contribution in [0.3, 0.4) is 0 Å². The lowest BCUT2D eigenvalue weighted by Crippen LogP contribution is -2.11. The molecule has 0 aliphatic rings. The second-order valence-corrected chi connectivity index (χ2v) is 3.62. The summed E-state index contributed by atoms with van der Waals surface area (Å²) in [4.78, 5) is 30.9. The second kappa shape index (κ2) is 5.40. The normalized spacial score (nSPS) is 11.9. The van der Waals surface area contributed by atoms with Crippen molar-refractivity contribution in [3.8, 4) is 0 Å². The number of aromatic carboxylic acids is 1. The number of nitrogens with zero attached hydrogens (tertiary/aromatic N) is 2. The molecule has 9 nitrogen and oxygen atoms in total. The fourth-order valence-corrected chi connectivity index (χ4v) is 1.60. The minimum Gasteiger partial charge on any atom is -0.478 e. The Labute approximate surface area is 106 Å². The third kappa shape index (κ3) is 2.83. The average Bonchev–Trinajstić information content (AvgIpc) is 2.35. The number of benzene rings is 1. The monoisotopic (exact) mass is 270 g/mol. The maximum atomic E-state index is 11.1. The third-order valence-electron chi connectivity index (χ3n) is 2.54. The zero-order valence-corrected chi connectivity index (χ0v) is 10.0. The minimum atomic E-state index is -1.49. The van der Waals surface area contributed by atoms with Crippen LogP contribution in [0.2, 0.25) is 0 Å². The fraction of sp³-hybridized carbons (Fsp3) is 0.300. The largest absolute Gasteiger partial charge is 0.478 e. The molecule has 0 aliphatic heterocycles. The number of hydrogen-bond acceptors (Lipinski definition) is 6. The van der Waals surface area contributed by atoms with Crippen molar-refractivity contribution >= 4 is 17.3 Å². The predicted octanol–water partition coefficient (Wildman–Crippen LogP) is 1.91. The molecule has 1 aromatic carbocycles. The number of non-ortho nitro benzene ring substituents is 1. The summed E-state index contributed by atoms with van der Waals surface area (Å²) in [7, 11) is 1.25. The predicted molar refractivity (Wildman–Crippen MR) is 62.1 cm³/mol. The van der Waals surface area contributed by atoms with E-state index in [2.05, 4.69) is 0 Å². The lowest BCUT2D eigenvalue weighted by Gasteiger charge is -2.13. The quantitative estimate of drug-likeness (QED) is 0.637. The van der Waals surface area contributed by atoms with E-state index in [0.717, 1.165) is 12.1 Å². The molecule has 1 aromatic rings. The number of nitro groups is 2. The van der Waals surface area contributed by atoms with Crippen LogP contribution in [0.4, 0.5) is 11.4 Å². The Morgan fingerprint density at radius 1 is 1.32 bits per heavy atom. The van der Waals surface area contributed by atoms with Crippen LogP contribution in [0.25, 0.3) is 0 Å². The van der Waals surface area contributed by atoms with Crippen molar-refractivity contribution < 1.29 is 24.5 Å². The van der Waals surface area contributed by atoms with Crippen LogP contribution in [0.1, 0.15) is 28.9 Å². The molecule has 1 N–H and O–H groups in total. The number of carbonyl (C=O) groups is 1. The maximum Gasteiger partial charge on any atom is 0.336 e. The van der Waals surface area contributed by atoms with E-state index in [0.29, 0.717) is 0 Å². The number of rotatable bonds is 5. The fourth-order valence-electron chi connectivity index (χ4n) is 1.60. The molecule has 1 rings (SSSR count). The first-order valence-corrected chi connectivity index (χ1v) is 5.02. The molecular formula is C10H10N2O7. The van der Waals surface area contributed by atoms with Crippen molar-refractivity contribution in [2.75, 3.05) is 7.11 Å². The van der Waals surface area contributed by atoms with Crippen LogP contribution in [0.15, 0.2) is 12.1 Å². The molecule has 1 atom stereocenters. The van der Waals surface area contributed by atoms with E-state index in [1.165, 1.54) is 14.0 Å². The Balaban J connectivity index is 3.70. The summed E-state index contributed by atoms with van der Waals surface area (Å²) in [5.74, 6) is -1.49. The third-order valence-corrected chi connectivity index (χ3v) is 2.54. The van der Waals surface area contributed by atoms with Gasteiger partial charge in [-0.2, -0.15) is 0 Å². The van der Waals surface area contributed by atoms with E-state index in [1.54, 1.807) is 0 Å². The molecule has 0 heterocycles. The van der Waals surface area contributed by atoms with Crippen LogP contribution < -0.4 is 0 Å². The Hall–Kier alpha value is -2.55. The van der Waals surface area contributed by atoms with Gasteiger partial charge in [-0.1, -0.05) is 0 Å². The Kier molecular flexibility index (Phi) is 4.12. The molecule has 0 spiro atoms. The highest BCUT2D eigenvalue weighted by Gasteiger charge is 2.30. The number of ether oxygens (including phenoxy) is 1. The molecular weight excluding hydrogens is 260 g/mol.